The number of nitrogens with one attached hydrogen (secondary N) is 2. The molecule has 2 fully saturated rings. The zero-order chi connectivity index (χ0) is 16.7. The van der Waals surface area contributed by atoms with E-state index in [1.165, 1.54) is 19.3 Å². The van der Waals surface area contributed by atoms with Crippen LogP contribution in [0.4, 0.5) is 4.79 Å². The summed E-state index contributed by atoms with van der Waals surface area (Å²) in [5.41, 5.74) is 5.70. The van der Waals surface area contributed by atoms with Crippen molar-refractivity contribution in [3.05, 3.63) is 0 Å². The van der Waals surface area contributed by atoms with Crippen molar-refractivity contribution in [2.45, 2.75) is 82.8 Å². The lowest BCUT2D eigenvalue weighted by Crippen LogP contribution is -2.51. The topological polar surface area (TPSA) is 87.5 Å². The van der Waals surface area contributed by atoms with Gasteiger partial charge in [-0.05, 0) is 39.0 Å². The van der Waals surface area contributed by atoms with Crippen LogP contribution in [-0.2, 0) is 4.79 Å². The molecule has 0 spiro atoms. The van der Waals surface area contributed by atoms with Crippen LogP contribution in [-0.4, -0.2) is 48.1 Å². The molecule has 1 aliphatic carbocycles. The zero-order valence-electron chi connectivity index (χ0n) is 14.4. The van der Waals surface area contributed by atoms with Crippen LogP contribution in [0.2, 0.25) is 0 Å². The van der Waals surface area contributed by atoms with Crippen molar-refractivity contribution in [3.8, 4) is 0 Å². The summed E-state index contributed by atoms with van der Waals surface area (Å²) in [7, 11) is 0. The van der Waals surface area contributed by atoms with E-state index in [0.29, 0.717) is 12.5 Å². The van der Waals surface area contributed by atoms with E-state index in [9.17, 15) is 9.59 Å². The number of nitrogens with zero attached hydrogens (tertiary/aromatic N) is 1. The predicted octanol–water partition coefficient (Wildman–Crippen LogP) is 1.74. The van der Waals surface area contributed by atoms with Gasteiger partial charge in [0.25, 0.3) is 0 Å². The monoisotopic (exact) mass is 324 g/mol. The van der Waals surface area contributed by atoms with Crippen molar-refractivity contribution in [1.82, 2.24) is 15.5 Å². The first-order valence-corrected chi connectivity index (χ1v) is 9.15. The van der Waals surface area contributed by atoms with Crippen molar-refractivity contribution >= 4 is 11.9 Å². The number of carbonyl (C=O) groups is 2. The van der Waals surface area contributed by atoms with Crippen molar-refractivity contribution in [1.29, 1.82) is 0 Å². The maximum absolute atomic E-state index is 12.1. The summed E-state index contributed by atoms with van der Waals surface area (Å²) < 4.78 is 0. The molecule has 6 heteroatoms. The van der Waals surface area contributed by atoms with Crippen LogP contribution >= 0.6 is 0 Å². The summed E-state index contributed by atoms with van der Waals surface area (Å²) in [6.45, 7) is 3.38. The molecule has 0 aromatic rings. The lowest BCUT2D eigenvalue weighted by atomic mass is 9.96. The fourth-order valence-corrected chi connectivity index (χ4v) is 3.44. The standard InChI is InChI=1S/C17H32N4O2/c1-13(18)7-8-16(22)21-11-9-15(10-12-21)20-17(23)19-14-5-3-2-4-6-14/h13-15H,2-12,18H2,1H3,(H2,19,20,23). The summed E-state index contributed by atoms with van der Waals surface area (Å²) in [5.74, 6) is 0.187. The molecule has 0 bridgehead atoms. The quantitative estimate of drug-likeness (QED) is 0.720. The molecule has 0 aromatic heterocycles. The number of amides is 3. The van der Waals surface area contributed by atoms with Gasteiger partial charge in [0.15, 0.2) is 0 Å². The van der Waals surface area contributed by atoms with Crippen molar-refractivity contribution in [2.75, 3.05) is 13.1 Å². The summed E-state index contributed by atoms with van der Waals surface area (Å²) in [5, 5.41) is 6.16. The second-order valence-electron chi connectivity index (χ2n) is 7.12. The van der Waals surface area contributed by atoms with E-state index in [4.69, 9.17) is 5.73 Å². The van der Waals surface area contributed by atoms with Crippen LogP contribution in [0.25, 0.3) is 0 Å². The number of hydrogen-bond acceptors (Lipinski definition) is 3. The van der Waals surface area contributed by atoms with Gasteiger partial charge in [0.05, 0.1) is 0 Å². The van der Waals surface area contributed by atoms with Gasteiger partial charge in [0.1, 0.15) is 0 Å². The maximum Gasteiger partial charge on any atom is 0.315 e. The van der Waals surface area contributed by atoms with Gasteiger partial charge in [0.2, 0.25) is 5.91 Å². The number of rotatable bonds is 5. The van der Waals surface area contributed by atoms with Gasteiger partial charge in [0, 0.05) is 37.6 Å². The van der Waals surface area contributed by atoms with Crippen LogP contribution in [0.3, 0.4) is 0 Å². The molecule has 6 nitrogen and oxygen atoms in total. The summed E-state index contributed by atoms with van der Waals surface area (Å²) in [6.07, 6.45) is 8.84. The number of urea groups is 1. The van der Waals surface area contributed by atoms with Crippen LogP contribution < -0.4 is 16.4 Å². The second-order valence-corrected chi connectivity index (χ2v) is 7.12. The normalized spacial score (nSPS) is 21.7. The van der Waals surface area contributed by atoms with Crippen molar-refractivity contribution in [2.24, 2.45) is 5.73 Å². The largest absolute Gasteiger partial charge is 0.343 e. The number of nitrogens with two attached hydrogens (primary N) is 1. The molecule has 2 rings (SSSR count). The molecule has 132 valence electrons. The minimum Gasteiger partial charge on any atom is -0.343 e. The number of piperidine rings is 1. The van der Waals surface area contributed by atoms with Gasteiger partial charge in [-0.2, -0.15) is 0 Å². The first-order valence-electron chi connectivity index (χ1n) is 9.15. The molecule has 0 aromatic carbocycles. The Bertz CT molecular complexity index is 386. The van der Waals surface area contributed by atoms with Gasteiger partial charge in [-0.3, -0.25) is 4.79 Å². The van der Waals surface area contributed by atoms with Crippen LogP contribution in [0.5, 0.6) is 0 Å². The van der Waals surface area contributed by atoms with Gasteiger partial charge >= 0.3 is 6.03 Å². The molecule has 1 heterocycles. The third kappa shape index (κ3) is 6.37. The van der Waals surface area contributed by atoms with E-state index in [2.05, 4.69) is 10.6 Å². The Morgan fingerprint density at radius 2 is 1.61 bits per heavy atom. The third-order valence-corrected chi connectivity index (χ3v) is 4.94. The molecule has 2 aliphatic rings. The molecule has 1 aliphatic heterocycles. The molecule has 1 saturated heterocycles. The first kappa shape index (κ1) is 18.0. The van der Waals surface area contributed by atoms with Crippen molar-refractivity contribution in [3.63, 3.8) is 0 Å². The predicted molar refractivity (Wildman–Crippen MR) is 91.0 cm³/mol. The Hall–Kier alpha value is -1.30. The lowest BCUT2D eigenvalue weighted by Gasteiger charge is -2.33. The second kappa shape index (κ2) is 9.11. The maximum atomic E-state index is 12.1. The fourth-order valence-electron chi connectivity index (χ4n) is 3.44. The van der Waals surface area contributed by atoms with E-state index >= 15 is 0 Å². The SMILES string of the molecule is CC(N)CCC(=O)N1CCC(NC(=O)NC2CCCCC2)CC1. The summed E-state index contributed by atoms with van der Waals surface area (Å²) in [6, 6.07) is 0.542. The first-order chi connectivity index (χ1) is 11.0. The zero-order valence-corrected chi connectivity index (χ0v) is 14.4. The Morgan fingerprint density at radius 3 is 2.17 bits per heavy atom. The van der Waals surface area contributed by atoms with Crippen LogP contribution in [0.15, 0.2) is 0 Å². The van der Waals surface area contributed by atoms with Gasteiger partial charge in [-0.15, -0.1) is 0 Å². The Balaban J connectivity index is 1.63. The van der Waals surface area contributed by atoms with Gasteiger partial charge < -0.3 is 21.3 Å². The summed E-state index contributed by atoms with van der Waals surface area (Å²) in [4.78, 5) is 26.0. The third-order valence-electron chi connectivity index (χ3n) is 4.94. The Morgan fingerprint density at radius 1 is 1.04 bits per heavy atom. The molecule has 1 saturated carbocycles. The summed E-state index contributed by atoms with van der Waals surface area (Å²) >= 11 is 0. The van der Waals surface area contributed by atoms with E-state index in [0.717, 1.165) is 45.2 Å². The molecule has 3 amide bonds. The molecular weight excluding hydrogens is 292 g/mol. The Labute approximate surface area is 139 Å². The highest BCUT2D eigenvalue weighted by atomic mass is 16.2. The molecule has 1 atom stereocenters. The average Bonchev–Trinajstić information content (AvgIpc) is 2.54. The highest BCUT2D eigenvalue weighted by Gasteiger charge is 2.24. The number of carbonyl (C=O) groups excluding carboxylic acids is 2. The average molecular weight is 324 g/mol. The highest BCUT2D eigenvalue weighted by Crippen LogP contribution is 2.17. The minimum absolute atomic E-state index is 0.0429. The Kier molecular flexibility index (Phi) is 7.15. The molecule has 4 N–H and O–H groups in total. The van der Waals surface area contributed by atoms with E-state index in [-0.39, 0.29) is 24.0 Å². The van der Waals surface area contributed by atoms with Crippen LogP contribution in [0, 0.1) is 0 Å². The van der Waals surface area contributed by atoms with Gasteiger partial charge in [-0.25, -0.2) is 4.79 Å². The molecular formula is C17H32N4O2. The molecule has 23 heavy (non-hydrogen) atoms. The fraction of sp³-hybridized carbons (Fsp3) is 0.882. The smallest absolute Gasteiger partial charge is 0.315 e. The lowest BCUT2D eigenvalue weighted by molar-refractivity contribution is -0.132. The number of hydrogen-bond donors (Lipinski definition) is 3. The van der Waals surface area contributed by atoms with Crippen LogP contribution in [0.1, 0.15) is 64.7 Å². The molecule has 0 radical (unpaired) electrons. The molecule has 1 unspecified atom stereocenters. The van der Waals surface area contributed by atoms with E-state index in [1.807, 2.05) is 11.8 Å². The minimum atomic E-state index is -0.0429. The highest BCUT2D eigenvalue weighted by molar-refractivity contribution is 5.76. The van der Waals surface area contributed by atoms with Crippen molar-refractivity contribution < 1.29 is 9.59 Å². The van der Waals surface area contributed by atoms with Gasteiger partial charge in [-0.1, -0.05) is 19.3 Å². The number of likely N-dealkylation sites (tertiary alicyclic amines) is 1. The van der Waals surface area contributed by atoms with E-state index < -0.39 is 0 Å². The van der Waals surface area contributed by atoms with E-state index in [1.54, 1.807) is 0 Å².